The van der Waals surface area contributed by atoms with Crippen molar-refractivity contribution in [2.75, 3.05) is 39.4 Å². The third-order valence-corrected chi connectivity index (χ3v) is 6.25. The van der Waals surface area contributed by atoms with Crippen molar-refractivity contribution in [3.05, 3.63) is 18.0 Å². The Hall–Kier alpha value is -2.39. The van der Waals surface area contributed by atoms with Crippen LogP contribution in [0.4, 0.5) is 26.3 Å². The third-order valence-electron chi connectivity index (χ3n) is 6.25. The zero-order chi connectivity index (χ0) is 27.6. The highest BCUT2D eigenvalue weighted by Crippen LogP contribution is 2.24. The number of aromatic nitrogens is 2. The average Bonchev–Trinajstić information content (AvgIpc) is 3.18. The fraction of sp³-hybridized carbons (Fsp3) is 0.773. The van der Waals surface area contributed by atoms with E-state index in [0.717, 1.165) is 26.3 Å². The molecule has 0 radical (unpaired) electrons. The molecule has 0 aliphatic carbocycles. The molecule has 15 heteroatoms. The van der Waals surface area contributed by atoms with Crippen LogP contribution in [-0.2, 0) is 27.4 Å². The molecule has 1 aromatic heterocycles. The number of aliphatic carboxylic acids is 2. The first-order chi connectivity index (χ1) is 17.3. The molecule has 0 amide bonds. The van der Waals surface area contributed by atoms with Gasteiger partial charge in [0.05, 0.1) is 5.69 Å². The van der Waals surface area contributed by atoms with Gasteiger partial charge in [-0.25, -0.2) is 9.59 Å². The van der Waals surface area contributed by atoms with Gasteiger partial charge in [0.25, 0.3) is 0 Å². The van der Waals surface area contributed by atoms with Crippen LogP contribution in [0, 0.1) is 5.92 Å². The molecule has 1 atom stereocenters. The number of carbonyl (C=O) groups is 2. The van der Waals surface area contributed by atoms with Gasteiger partial charge in [-0.1, -0.05) is 6.42 Å². The smallest absolute Gasteiger partial charge is 0.475 e. The van der Waals surface area contributed by atoms with E-state index in [1.165, 1.54) is 64.0 Å². The van der Waals surface area contributed by atoms with Gasteiger partial charge >= 0.3 is 24.3 Å². The van der Waals surface area contributed by atoms with Gasteiger partial charge in [0, 0.05) is 57.5 Å². The van der Waals surface area contributed by atoms with Crippen LogP contribution in [0.2, 0.25) is 0 Å². The number of ether oxygens (including phenoxy) is 1. The largest absolute Gasteiger partial charge is 0.490 e. The van der Waals surface area contributed by atoms with Gasteiger partial charge in [-0.15, -0.1) is 0 Å². The molecule has 3 aliphatic heterocycles. The van der Waals surface area contributed by atoms with Gasteiger partial charge in [0.1, 0.15) is 0 Å². The normalized spacial score (nSPS) is 21.9. The lowest BCUT2D eigenvalue weighted by molar-refractivity contribution is -0.193. The van der Waals surface area contributed by atoms with Gasteiger partial charge in [-0.3, -0.25) is 9.58 Å². The summed E-state index contributed by atoms with van der Waals surface area (Å²) in [7, 11) is 0. The molecule has 0 bridgehead atoms. The number of carboxylic acids is 2. The second-order valence-corrected chi connectivity index (χ2v) is 9.11. The standard InChI is InChI=1S/C18H30N4O.2C2HF3O2/c1-2-8-20(9-3-1)12-16-13-21(17-5-10-23-11-6-17)15-18-4-7-19-22(18)14-16;2*3-2(4,5)1(6)7/h4,7,16-17H,1-3,5-6,8-15H2;2*(H,6,7). The van der Waals surface area contributed by atoms with Crippen molar-refractivity contribution < 1.29 is 50.9 Å². The monoisotopic (exact) mass is 546 g/mol. The number of halogens is 6. The zero-order valence-corrected chi connectivity index (χ0v) is 20.2. The lowest BCUT2D eigenvalue weighted by Crippen LogP contribution is -2.44. The number of hydrogen-bond acceptors (Lipinski definition) is 6. The van der Waals surface area contributed by atoms with Crippen LogP contribution in [0.1, 0.15) is 37.8 Å². The lowest BCUT2D eigenvalue weighted by atomic mass is 10.0. The molecule has 4 heterocycles. The van der Waals surface area contributed by atoms with Gasteiger partial charge in [0.15, 0.2) is 0 Å². The Balaban J connectivity index is 0.000000286. The zero-order valence-electron chi connectivity index (χ0n) is 20.2. The van der Waals surface area contributed by atoms with Gasteiger partial charge < -0.3 is 19.8 Å². The molecule has 37 heavy (non-hydrogen) atoms. The molecule has 2 fully saturated rings. The highest BCUT2D eigenvalue weighted by atomic mass is 19.4. The van der Waals surface area contributed by atoms with Crippen LogP contribution >= 0.6 is 0 Å². The van der Waals surface area contributed by atoms with Gasteiger partial charge in [-0.05, 0) is 44.8 Å². The maximum Gasteiger partial charge on any atom is 0.490 e. The summed E-state index contributed by atoms with van der Waals surface area (Å²) in [4.78, 5) is 23.2. The van der Waals surface area contributed by atoms with Gasteiger partial charge in [-0.2, -0.15) is 31.4 Å². The van der Waals surface area contributed by atoms with Crippen LogP contribution in [0.5, 0.6) is 0 Å². The van der Waals surface area contributed by atoms with E-state index in [0.29, 0.717) is 12.0 Å². The van der Waals surface area contributed by atoms with Crippen LogP contribution < -0.4 is 0 Å². The lowest BCUT2D eigenvalue weighted by Gasteiger charge is -2.36. The van der Waals surface area contributed by atoms with Crippen LogP contribution in [0.15, 0.2) is 12.3 Å². The summed E-state index contributed by atoms with van der Waals surface area (Å²) in [5.74, 6) is -4.82. The van der Waals surface area contributed by atoms with Gasteiger partial charge in [0.2, 0.25) is 0 Å². The number of rotatable bonds is 3. The van der Waals surface area contributed by atoms with Crippen molar-refractivity contribution in [3.8, 4) is 0 Å². The second kappa shape index (κ2) is 14.0. The summed E-state index contributed by atoms with van der Waals surface area (Å²) in [5, 5.41) is 18.8. The molecule has 4 rings (SSSR count). The minimum absolute atomic E-state index is 0.689. The van der Waals surface area contributed by atoms with Crippen molar-refractivity contribution in [1.29, 1.82) is 0 Å². The van der Waals surface area contributed by atoms with E-state index < -0.39 is 24.3 Å². The first kappa shape index (κ1) is 30.8. The Labute approximate surface area is 210 Å². The van der Waals surface area contributed by atoms with Crippen molar-refractivity contribution in [3.63, 3.8) is 0 Å². The van der Waals surface area contributed by atoms with Crippen LogP contribution in [0.25, 0.3) is 0 Å². The Morgan fingerprint density at radius 1 is 0.946 bits per heavy atom. The number of hydrogen-bond donors (Lipinski definition) is 2. The Morgan fingerprint density at radius 2 is 1.49 bits per heavy atom. The quantitative estimate of drug-likeness (QED) is 0.557. The molecule has 0 aromatic carbocycles. The summed E-state index contributed by atoms with van der Waals surface area (Å²) in [6.45, 7) is 9.02. The van der Waals surface area contributed by atoms with E-state index >= 15 is 0 Å². The fourth-order valence-corrected chi connectivity index (χ4v) is 4.52. The first-order valence-corrected chi connectivity index (χ1v) is 11.9. The Kier molecular flexibility index (Phi) is 11.6. The molecule has 2 N–H and O–H groups in total. The summed E-state index contributed by atoms with van der Waals surface area (Å²) in [5.41, 5.74) is 1.39. The molecule has 3 aliphatic rings. The molecule has 1 aromatic rings. The Morgan fingerprint density at radius 3 is 2.00 bits per heavy atom. The minimum Gasteiger partial charge on any atom is -0.475 e. The van der Waals surface area contributed by atoms with Crippen LogP contribution in [0.3, 0.4) is 0 Å². The van der Waals surface area contributed by atoms with E-state index in [1.807, 2.05) is 6.20 Å². The predicted octanol–water partition coefficient (Wildman–Crippen LogP) is 3.25. The van der Waals surface area contributed by atoms with E-state index in [2.05, 4.69) is 25.6 Å². The van der Waals surface area contributed by atoms with Crippen molar-refractivity contribution in [2.45, 2.75) is 63.6 Å². The number of piperidine rings is 1. The third kappa shape index (κ3) is 10.9. The summed E-state index contributed by atoms with van der Waals surface area (Å²) < 4.78 is 71.3. The summed E-state index contributed by atoms with van der Waals surface area (Å²) in [6.07, 6.45) is -1.65. The molecule has 0 spiro atoms. The molecular formula is C22H32F6N4O5. The van der Waals surface area contributed by atoms with Crippen molar-refractivity contribution >= 4 is 11.9 Å². The SMILES string of the molecule is O=C(O)C(F)(F)F.O=C(O)C(F)(F)F.c1cc2n(n1)CC(CN1CCCCC1)CN(C1CCOCC1)C2. The number of nitrogens with zero attached hydrogens (tertiary/aromatic N) is 4. The second-order valence-electron chi connectivity index (χ2n) is 9.11. The first-order valence-electron chi connectivity index (χ1n) is 11.9. The Bertz CT molecular complexity index is 827. The van der Waals surface area contributed by atoms with E-state index in [9.17, 15) is 26.3 Å². The van der Waals surface area contributed by atoms with E-state index in [-0.39, 0.29) is 0 Å². The molecule has 0 saturated carbocycles. The molecule has 2 saturated heterocycles. The highest BCUT2D eigenvalue weighted by Gasteiger charge is 2.39. The summed E-state index contributed by atoms with van der Waals surface area (Å²) >= 11 is 0. The highest BCUT2D eigenvalue weighted by molar-refractivity contribution is 5.73. The van der Waals surface area contributed by atoms with Crippen molar-refractivity contribution in [2.24, 2.45) is 5.92 Å². The average molecular weight is 547 g/mol. The molecule has 9 nitrogen and oxygen atoms in total. The number of alkyl halides is 6. The fourth-order valence-electron chi connectivity index (χ4n) is 4.52. The topological polar surface area (TPSA) is 108 Å². The number of likely N-dealkylation sites (tertiary alicyclic amines) is 1. The minimum atomic E-state index is -5.08. The van der Waals surface area contributed by atoms with Crippen molar-refractivity contribution in [1.82, 2.24) is 19.6 Å². The molecule has 1 unspecified atom stereocenters. The number of carboxylic acid groups (broad SMARTS) is 2. The predicted molar refractivity (Wildman–Crippen MR) is 118 cm³/mol. The molecule has 212 valence electrons. The van der Waals surface area contributed by atoms with E-state index in [1.54, 1.807) is 0 Å². The molecular weight excluding hydrogens is 514 g/mol. The van der Waals surface area contributed by atoms with E-state index in [4.69, 9.17) is 24.5 Å². The maximum atomic E-state index is 10.6. The maximum absolute atomic E-state index is 10.6. The van der Waals surface area contributed by atoms with Crippen LogP contribution in [-0.4, -0.2) is 99.5 Å². The summed E-state index contributed by atoms with van der Waals surface area (Å²) in [6, 6.07) is 2.89. The number of fused-ring (bicyclic) bond motifs is 1.